The number of anilines is 2. The first-order valence-corrected chi connectivity index (χ1v) is 34.0. The molecule has 4 saturated carbocycles. The van der Waals surface area contributed by atoms with Crippen molar-refractivity contribution in [1.29, 1.82) is 0 Å². The number of aliphatic hydroxyl groups excluding tert-OH is 1. The molecule has 5 N–H and O–H groups in total. The van der Waals surface area contributed by atoms with Crippen LogP contribution in [0.25, 0.3) is 21.3 Å². The Morgan fingerprint density at radius 1 is 0.845 bits per heavy atom. The highest BCUT2D eigenvalue weighted by Gasteiger charge is 2.66. The Labute approximate surface area is 565 Å². The van der Waals surface area contributed by atoms with Crippen LogP contribution >= 0.6 is 11.3 Å². The molecule has 97 heavy (non-hydrogen) atoms. The highest BCUT2D eigenvalue weighted by Crippen LogP contribution is 2.72. The van der Waals surface area contributed by atoms with Crippen molar-refractivity contribution < 1.29 is 77.3 Å². The molecule has 3 aliphatic heterocycles. The van der Waals surface area contributed by atoms with Crippen LogP contribution in [0.1, 0.15) is 134 Å². The highest BCUT2D eigenvalue weighted by molar-refractivity contribution is 7.22. The number of aliphatic carboxylic acids is 1. The van der Waals surface area contributed by atoms with Crippen LogP contribution in [0.15, 0.2) is 91.1 Å². The van der Waals surface area contributed by atoms with Crippen molar-refractivity contribution in [2.75, 3.05) is 69.9 Å². The first kappa shape index (κ1) is 68.1. The monoisotopic (exact) mass is 1350 g/mol. The lowest BCUT2D eigenvalue weighted by atomic mass is 9.39. The van der Waals surface area contributed by atoms with Crippen molar-refractivity contribution in [2.45, 2.75) is 148 Å². The van der Waals surface area contributed by atoms with Gasteiger partial charge in [-0.05, 0) is 135 Å². The number of nitrogens with one attached hydrogen (secondary N) is 2. The van der Waals surface area contributed by atoms with Gasteiger partial charge >= 0.3 is 18.0 Å². The Hall–Kier alpha value is -8.82. The number of thiazole rings is 1. The van der Waals surface area contributed by atoms with Crippen molar-refractivity contribution in [1.82, 2.24) is 34.9 Å². The number of imide groups is 1. The van der Waals surface area contributed by atoms with Crippen LogP contribution in [0.2, 0.25) is 0 Å². The van der Waals surface area contributed by atoms with E-state index in [1.165, 1.54) is 33.3 Å². The van der Waals surface area contributed by atoms with E-state index >= 15 is 0 Å². The van der Waals surface area contributed by atoms with Gasteiger partial charge < -0.3 is 58.9 Å². The number of carboxylic acids is 2. The lowest BCUT2D eigenvalue weighted by molar-refractivity contribution is -0.248. The third-order valence-electron chi connectivity index (χ3n) is 19.6. The zero-order valence-electron chi connectivity index (χ0n) is 55.1. The third kappa shape index (κ3) is 15.8. The number of hydrogen-bond acceptors (Lipinski definition) is 19. The van der Waals surface area contributed by atoms with Gasteiger partial charge in [0.25, 0.3) is 17.7 Å². The van der Waals surface area contributed by atoms with Crippen LogP contribution in [0.4, 0.5) is 15.7 Å². The summed E-state index contributed by atoms with van der Waals surface area (Å²) < 4.78 is 39.4. The lowest BCUT2D eigenvalue weighted by Crippen LogP contribution is -2.64. The van der Waals surface area contributed by atoms with Crippen molar-refractivity contribution in [3.05, 3.63) is 125 Å². The van der Waals surface area contributed by atoms with E-state index in [0.29, 0.717) is 90.8 Å². The van der Waals surface area contributed by atoms with Gasteiger partial charge in [-0.15, -0.1) is 0 Å². The van der Waals surface area contributed by atoms with E-state index in [0.717, 1.165) is 65.6 Å². The molecule has 0 radical (unpaired) electrons. The number of likely N-dealkylation sites (N-methyl/N-ethyl adjacent to an activating group) is 1. The summed E-state index contributed by atoms with van der Waals surface area (Å²) in [4.78, 5) is 102. The van der Waals surface area contributed by atoms with Crippen molar-refractivity contribution in [3.8, 4) is 22.6 Å². The van der Waals surface area contributed by atoms with E-state index in [1.807, 2.05) is 71.1 Å². The second-order valence-electron chi connectivity index (χ2n) is 27.6. The minimum atomic E-state index is -1.25. The first-order valence-electron chi connectivity index (χ1n) is 33.2. The average molecular weight is 1350 g/mol. The van der Waals surface area contributed by atoms with E-state index in [1.54, 1.807) is 31.4 Å². The van der Waals surface area contributed by atoms with Gasteiger partial charge in [0.15, 0.2) is 16.9 Å². The van der Waals surface area contributed by atoms with Crippen LogP contribution in [-0.2, 0) is 64.2 Å². The van der Waals surface area contributed by atoms with Crippen LogP contribution in [0.5, 0.6) is 11.5 Å². The number of aliphatic hydroxyl groups is 1. The summed E-state index contributed by atoms with van der Waals surface area (Å²) in [6, 6.07) is 22.0. The number of rotatable bonds is 29. The maximum absolute atomic E-state index is 13.8. The topological polar surface area (TPSA) is 313 Å². The van der Waals surface area contributed by atoms with Gasteiger partial charge in [-0.25, -0.2) is 24.4 Å². The quantitative estimate of drug-likeness (QED) is 0.0216. The first-order chi connectivity index (χ1) is 46.5. The molecule has 1 saturated heterocycles. The SMILES string of the molecule is Cc1c(-c2ccc(N3CCc4cccc(C(=O)Nc5nc6ccccc6s5)c4C3)nc2C(=O)O)cnn1CC12CC3(C)CC(C)(C1)CC(OCCN(C)C(=O)OCc1ccc(O[C@H]4C[C@@H](O)C[C@@H](C(=O)O)O4)cc1OCCOCCNC(=O)CCCCCN1C(=O)C=CC1=O)(C3)C2. The number of fused-ring (bicyclic) bond motifs is 2. The van der Waals surface area contributed by atoms with Gasteiger partial charge in [0.1, 0.15) is 30.5 Å². The highest BCUT2D eigenvalue weighted by atomic mass is 32.1. The van der Waals surface area contributed by atoms with E-state index in [2.05, 4.69) is 29.5 Å². The molecule has 26 heteroatoms. The van der Waals surface area contributed by atoms with E-state index in [-0.39, 0.29) is 117 Å². The number of carbonyl (C=O) groups excluding carboxylic acids is 5. The summed E-state index contributed by atoms with van der Waals surface area (Å²) in [6.07, 6.45) is 8.75. The zero-order valence-corrected chi connectivity index (χ0v) is 55.9. The van der Waals surface area contributed by atoms with Gasteiger partial charge in [0.05, 0.1) is 47.9 Å². The van der Waals surface area contributed by atoms with E-state index in [4.69, 9.17) is 38.5 Å². The Balaban J connectivity index is 0.644. The summed E-state index contributed by atoms with van der Waals surface area (Å²) in [7, 11) is 1.66. The molecule has 3 aromatic heterocycles. The fourth-order valence-corrected chi connectivity index (χ4v) is 17.2. The molecular weight excluding hydrogens is 1270 g/mol. The third-order valence-corrected chi connectivity index (χ3v) is 20.5. The van der Waals surface area contributed by atoms with Gasteiger partial charge in [0.2, 0.25) is 12.2 Å². The minimum Gasteiger partial charge on any atom is -0.491 e. The zero-order chi connectivity index (χ0) is 68.2. The Kier molecular flexibility index (Phi) is 20.2. The molecule has 5 fully saturated rings. The maximum Gasteiger partial charge on any atom is 0.409 e. The number of para-hydroxylation sites is 1. The maximum atomic E-state index is 13.8. The number of amides is 5. The number of ether oxygens (including phenoxy) is 6. The normalized spacial score (nSPS) is 23.9. The van der Waals surface area contributed by atoms with E-state index in [9.17, 15) is 48.9 Å². The van der Waals surface area contributed by atoms with Gasteiger partial charge in [-0.1, -0.05) is 55.9 Å². The number of unbranched alkanes of at least 4 members (excludes halogenated alkanes) is 2. The molecule has 3 aromatic carbocycles. The Bertz CT molecular complexity index is 3950. The van der Waals surface area contributed by atoms with Crippen LogP contribution < -0.4 is 25.0 Å². The fraction of sp³-hybridized carbons (Fsp3) is 0.493. The molecule has 5 atom stereocenters. The fourth-order valence-electron chi connectivity index (χ4n) is 16.3. The van der Waals surface area contributed by atoms with Gasteiger partial charge in [0, 0.05) is 112 Å². The summed E-state index contributed by atoms with van der Waals surface area (Å²) in [5.41, 5.74) is 5.00. The molecule has 5 amide bonds. The molecular formula is C71H83N9O16S. The number of nitrogens with zero attached hydrogens (tertiary/aromatic N) is 7. The number of benzene rings is 3. The van der Waals surface area contributed by atoms with Crippen molar-refractivity contribution in [2.24, 2.45) is 16.2 Å². The number of hydrogen-bond donors (Lipinski definition) is 5. The second-order valence-corrected chi connectivity index (χ2v) is 28.6. The van der Waals surface area contributed by atoms with Gasteiger partial charge in [-0.3, -0.25) is 34.1 Å². The molecule has 4 aliphatic carbocycles. The summed E-state index contributed by atoms with van der Waals surface area (Å²) in [6.45, 7) is 9.58. The molecule has 6 aromatic rings. The lowest BCUT2D eigenvalue weighted by Gasteiger charge is -2.69. The largest absolute Gasteiger partial charge is 0.491 e. The van der Waals surface area contributed by atoms with Crippen molar-refractivity contribution >= 4 is 74.2 Å². The predicted molar refractivity (Wildman–Crippen MR) is 356 cm³/mol. The number of pyridine rings is 1. The molecule has 514 valence electrons. The smallest absolute Gasteiger partial charge is 0.409 e. The number of aromatic nitrogens is 4. The Morgan fingerprint density at radius 3 is 2.41 bits per heavy atom. The van der Waals surface area contributed by atoms with Crippen LogP contribution in [-0.4, -0.2) is 170 Å². The standard InChI is InChI=1S/C71H83N9O16S/c1-44-51(49-18-19-57(75-62(49)65(88)89)78-25-22-45-11-10-12-50(52(45)35-78)63(85)76-66-74-53-13-7-8-14-56(53)97-66)34-73-80(44)43-70-38-68(2)37-69(3,39-70)41-71(40-68,42-70)94-28-26-77(4)67(90)93-36-46-16-17-48(95-61-32-47(81)31-55(96-61)64(86)87)33-54(46)92-30-29-91-27-23-72-58(82)15-6-5-9-24-79-59(83)20-21-60(79)84/h7-8,10-14,16-21,33-34,47,55,61,81H,5-6,9,15,22-32,35-43H2,1-4H3,(H,72,82)(H,86,87)(H,88,89)(H,74,76,85)/t47-,55-,61+,68?,69?,70?,71?/m0/s1. The molecule has 4 bridgehead atoms. The van der Waals surface area contributed by atoms with Gasteiger partial charge in [-0.2, -0.15) is 5.10 Å². The van der Waals surface area contributed by atoms with Crippen molar-refractivity contribution in [3.63, 3.8) is 0 Å². The number of carboxylic acid groups (broad SMARTS) is 2. The molecule has 13 rings (SSSR count). The average Bonchev–Trinajstić information content (AvgIpc) is 0.705. The molecule has 0 spiro atoms. The van der Waals surface area contributed by atoms with Crippen LogP contribution in [0, 0.1) is 23.2 Å². The minimum absolute atomic E-state index is 0.0104. The second kappa shape index (κ2) is 28.7. The predicted octanol–water partition coefficient (Wildman–Crippen LogP) is 9.11. The molecule has 2 unspecified atom stereocenters. The van der Waals surface area contributed by atoms with Crippen LogP contribution in [0.3, 0.4) is 0 Å². The number of carbonyl (C=O) groups is 7. The molecule has 25 nitrogen and oxygen atoms in total. The summed E-state index contributed by atoms with van der Waals surface area (Å²) in [5, 5.41) is 42.0. The Morgan fingerprint density at radius 2 is 1.64 bits per heavy atom. The number of aromatic carboxylic acids is 1. The van der Waals surface area contributed by atoms with E-state index < -0.39 is 42.1 Å². The summed E-state index contributed by atoms with van der Waals surface area (Å²) in [5.74, 6) is -2.37. The summed E-state index contributed by atoms with van der Waals surface area (Å²) >= 11 is 1.41. The molecule has 7 aliphatic rings. The molecule has 6 heterocycles.